The van der Waals surface area contributed by atoms with Crippen LogP contribution in [0.1, 0.15) is 63.5 Å². The molecule has 0 saturated carbocycles. The zero-order valence-corrected chi connectivity index (χ0v) is 17.5. The van der Waals surface area contributed by atoms with E-state index in [4.69, 9.17) is 4.74 Å². The smallest absolute Gasteiger partial charge is 0.122 e. The van der Waals surface area contributed by atoms with Crippen LogP contribution in [-0.2, 0) is 17.8 Å². The molecule has 0 N–H and O–H groups in total. The van der Waals surface area contributed by atoms with Crippen LogP contribution in [0.2, 0.25) is 0 Å². The number of hydrogen-bond donors (Lipinski definition) is 0. The standard InChI is InChI=1S/C27H34O/c1-3-4-5-6-13-21-27(28-23-26-18-11-8-12-19-26)22-24(2)15-14-20-25-16-9-7-10-17-25/h7-12,15-19,27H,3-6,14,20,22-23H2,1-2H3/b24-15+. The van der Waals surface area contributed by atoms with E-state index in [0.29, 0.717) is 6.61 Å². The van der Waals surface area contributed by atoms with Crippen molar-refractivity contribution < 1.29 is 4.74 Å². The normalized spacial score (nSPS) is 12.3. The molecule has 0 aliphatic heterocycles. The minimum absolute atomic E-state index is 0.0326. The van der Waals surface area contributed by atoms with Gasteiger partial charge in [0.15, 0.2) is 0 Å². The highest BCUT2D eigenvalue weighted by atomic mass is 16.5. The van der Waals surface area contributed by atoms with Crippen LogP contribution in [0, 0.1) is 11.8 Å². The molecule has 0 spiro atoms. The van der Waals surface area contributed by atoms with E-state index in [2.05, 4.69) is 86.4 Å². The summed E-state index contributed by atoms with van der Waals surface area (Å²) in [6.45, 7) is 5.04. The molecule has 0 bridgehead atoms. The van der Waals surface area contributed by atoms with E-state index in [9.17, 15) is 0 Å². The Morgan fingerprint density at radius 3 is 2.32 bits per heavy atom. The maximum atomic E-state index is 6.16. The summed E-state index contributed by atoms with van der Waals surface area (Å²) in [5.41, 5.74) is 3.95. The topological polar surface area (TPSA) is 9.23 Å². The van der Waals surface area contributed by atoms with Gasteiger partial charge in [-0.05, 0) is 37.3 Å². The van der Waals surface area contributed by atoms with E-state index in [1.165, 1.54) is 36.0 Å². The summed E-state index contributed by atoms with van der Waals surface area (Å²) < 4.78 is 6.16. The van der Waals surface area contributed by atoms with E-state index in [1.807, 2.05) is 6.07 Å². The van der Waals surface area contributed by atoms with Crippen LogP contribution in [-0.4, -0.2) is 6.10 Å². The summed E-state index contributed by atoms with van der Waals surface area (Å²) in [5.74, 6) is 6.72. The van der Waals surface area contributed by atoms with Crippen molar-refractivity contribution >= 4 is 0 Å². The van der Waals surface area contributed by atoms with Gasteiger partial charge in [0.1, 0.15) is 6.10 Å². The second kappa shape index (κ2) is 13.8. The minimum Gasteiger partial charge on any atom is -0.361 e. The Morgan fingerprint density at radius 1 is 0.964 bits per heavy atom. The Kier molecular flexibility index (Phi) is 10.8. The molecular weight excluding hydrogens is 340 g/mol. The lowest BCUT2D eigenvalue weighted by Gasteiger charge is -2.13. The van der Waals surface area contributed by atoms with E-state index in [0.717, 1.165) is 25.7 Å². The van der Waals surface area contributed by atoms with Gasteiger partial charge in [-0.2, -0.15) is 0 Å². The van der Waals surface area contributed by atoms with Crippen LogP contribution in [0.3, 0.4) is 0 Å². The van der Waals surface area contributed by atoms with Gasteiger partial charge >= 0.3 is 0 Å². The Balaban J connectivity index is 1.87. The lowest BCUT2D eigenvalue weighted by Crippen LogP contribution is -2.11. The molecule has 0 aliphatic carbocycles. The average Bonchev–Trinajstić information content (AvgIpc) is 2.73. The van der Waals surface area contributed by atoms with Gasteiger partial charge in [-0.25, -0.2) is 0 Å². The quantitative estimate of drug-likeness (QED) is 0.231. The van der Waals surface area contributed by atoms with Crippen LogP contribution < -0.4 is 0 Å². The summed E-state index contributed by atoms with van der Waals surface area (Å²) in [7, 11) is 0. The second-order valence-corrected chi connectivity index (χ2v) is 7.34. The van der Waals surface area contributed by atoms with Crippen molar-refractivity contribution in [2.45, 2.75) is 71.5 Å². The monoisotopic (exact) mass is 374 g/mol. The number of ether oxygens (including phenoxy) is 1. The van der Waals surface area contributed by atoms with Crippen molar-refractivity contribution in [3.05, 3.63) is 83.4 Å². The first-order valence-electron chi connectivity index (χ1n) is 10.6. The van der Waals surface area contributed by atoms with Crippen molar-refractivity contribution in [3.8, 4) is 11.8 Å². The highest BCUT2D eigenvalue weighted by molar-refractivity contribution is 5.17. The molecule has 1 unspecified atom stereocenters. The van der Waals surface area contributed by atoms with Gasteiger partial charge in [-0.15, -0.1) is 5.92 Å². The lowest BCUT2D eigenvalue weighted by molar-refractivity contribution is 0.0783. The van der Waals surface area contributed by atoms with Crippen LogP contribution in [0.25, 0.3) is 0 Å². The number of hydrogen-bond acceptors (Lipinski definition) is 1. The molecule has 2 aromatic rings. The number of benzene rings is 2. The Bertz CT molecular complexity index is 734. The lowest BCUT2D eigenvalue weighted by atomic mass is 10.0. The fourth-order valence-electron chi connectivity index (χ4n) is 3.08. The van der Waals surface area contributed by atoms with Crippen LogP contribution in [0.15, 0.2) is 72.3 Å². The maximum Gasteiger partial charge on any atom is 0.122 e. The number of allylic oxidation sites excluding steroid dienone is 1. The largest absolute Gasteiger partial charge is 0.361 e. The molecule has 1 heteroatoms. The average molecular weight is 375 g/mol. The predicted molar refractivity (Wildman–Crippen MR) is 120 cm³/mol. The first kappa shape index (κ1) is 22.0. The molecule has 0 radical (unpaired) electrons. The fourth-order valence-corrected chi connectivity index (χ4v) is 3.08. The Labute approximate surface area is 171 Å². The first-order valence-corrected chi connectivity index (χ1v) is 10.6. The summed E-state index contributed by atoms with van der Waals surface area (Å²) in [4.78, 5) is 0. The zero-order chi connectivity index (χ0) is 19.9. The van der Waals surface area contributed by atoms with Gasteiger partial charge in [0.2, 0.25) is 0 Å². The van der Waals surface area contributed by atoms with E-state index in [1.54, 1.807) is 0 Å². The van der Waals surface area contributed by atoms with Crippen LogP contribution in [0.5, 0.6) is 0 Å². The van der Waals surface area contributed by atoms with Crippen molar-refractivity contribution in [1.29, 1.82) is 0 Å². The Hall–Kier alpha value is -2.30. The SMILES string of the molecule is CCCCCC#CC(C/C(C)=C/CCc1ccccc1)OCc1ccccc1. The second-order valence-electron chi connectivity index (χ2n) is 7.34. The first-order chi connectivity index (χ1) is 13.8. The van der Waals surface area contributed by atoms with E-state index >= 15 is 0 Å². The van der Waals surface area contributed by atoms with Crippen molar-refractivity contribution in [2.75, 3.05) is 0 Å². The molecule has 0 amide bonds. The molecule has 2 aromatic carbocycles. The number of rotatable bonds is 11. The van der Waals surface area contributed by atoms with Crippen LogP contribution in [0.4, 0.5) is 0 Å². The molecule has 0 aromatic heterocycles. The zero-order valence-electron chi connectivity index (χ0n) is 17.5. The van der Waals surface area contributed by atoms with Gasteiger partial charge in [0.05, 0.1) is 6.61 Å². The molecule has 0 saturated heterocycles. The van der Waals surface area contributed by atoms with Crippen molar-refractivity contribution in [2.24, 2.45) is 0 Å². The summed E-state index contributed by atoms with van der Waals surface area (Å²) in [5, 5.41) is 0. The summed E-state index contributed by atoms with van der Waals surface area (Å²) in [6.07, 6.45) is 9.96. The molecule has 1 atom stereocenters. The highest BCUT2D eigenvalue weighted by Gasteiger charge is 2.07. The summed E-state index contributed by atoms with van der Waals surface area (Å²) in [6, 6.07) is 21.0. The van der Waals surface area contributed by atoms with E-state index < -0.39 is 0 Å². The van der Waals surface area contributed by atoms with Gasteiger partial charge < -0.3 is 4.74 Å². The van der Waals surface area contributed by atoms with Gasteiger partial charge in [0, 0.05) is 12.8 Å². The van der Waals surface area contributed by atoms with Gasteiger partial charge in [0.25, 0.3) is 0 Å². The number of unbranched alkanes of at least 4 members (excludes halogenated alkanes) is 3. The molecule has 2 rings (SSSR count). The van der Waals surface area contributed by atoms with Crippen molar-refractivity contribution in [3.63, 3.8) is 0 Å². The van der Waals surface area contributed by atoms with Gasteiger partial charge in [-0.3, -0.25) is 0 Å². The molecule has 0 aliphatic rings. The predicted octanol–water partition coefficient (Wildman–Crippen LogP) is 7.12. The highest BCUT2D eigenvalue weighted by Crippen LogP contribution is 2.13. The number of aryl methyl sites for hydroxylation is 1. The molecule has 0 fully saturated rings. The summed E-state index contributed by atoms with van der Waals surface area (Å²) >= 11 is 0. The molecule has 28 heavy (non-hydrogen) atoms. The minimum atomic E-state index is -0.0326. The maximum absolute atomic E-state index is 6.16. The molecule has 148 valence electrons. The third-order valence-corrected chi connectivity index (χ3v) is 4.74. The van der Waals surface area contributed by atoms with Crippen LogP contribution >= 0.6 is 0 Å². The molecule has 0 heterocycles. The third kappa shape index (κ3) is 9.58. The third-order valence-electron chi connectivity index (χ3n) is 4.74. The Morgan fingerprint density at radius 2 is 1.64 bits per heavy atom. The van der Waals surface area contributed by atoms with E-state index in [-0.39, 0.29) is 6.10 Å². The van der Waals surface area contributed by atoms with Crippen molar-refractivity contribution in [1.82, 2.24) is 0 Å². The molecule has 1 nitrogen and oxygen atoms in total. The molecular formula is C27H34O. The van der Waals surface area contributed by atoms with Gasteiger partial charge in [-0.1, -0.05) is 98.0 Å². The fraction of sp³-hybridized carbons (Fsp3) is 0.407.